The standard InChI is InChI=1S/C15H17BrN2S/c16-13-3-1-2-4-14(13)19-12-7-8-15(9-12,10-17)18-11-5-6-11/h1-4,11-12,18H,5-9H2. The molecule has 19 heavy (non-hydrogen) atoms. The van der Waals surface area contributed by atoms with Crippen molar-refractivity contribution in [2.24, 2.45) is 0 Å². The largest absolute Gasteiger partial charge is 0.297 e. The van der Waals surface area contributed by atoms with Gasteiger partial charge < -0.3 is 0 Å². The minimum Gasteiger partial charge on any atom is -0.297 e. The van der Waals surface area contributed by atoms with E-state index in [9.17, 15) is 5.26 Å². The summed E-state index contributed by atoms with van der Waals surface area (Å²) < 4.78 is 1.16. The summed E-state index contributed by atoms with van der Waals surface area (Å²) >= 11 is 5.50. The highest BCUT2D eigenvalue weighted by Crippen LogP contribution is 2.43. The molecule has 0 aliphatic heterocycles. The molecule has 2 saturated carbocycles. The lowest BCUT2D eigenvalue weighted by Gasteiger charge is -2.22. The summed E-state index contributed by atoms with van der Waals surface area (Å²) in [6.07, 6.45) is 5.56. The minimum atomic E-state index is -0.264. The van der Waals surface area contributed by atoms with Gasteiger partial charge in [-0.3, -0.25) is 5.32 Å². The van der Waals surface area contributed by atoms with Gasteiger partial charge in [0.25, 0.3) is 0 Å². The van der Waals surface area contributed by atoms with E-state index in [1.807, 2.05) is 17.8 Å². The number of thioether (sulfide) groups is 1. The second kappa shape index (κ2) is 5.47. The molecule has 2 unspecified atom stereocenters. The summed E-state index contributed by atoms with van der Waals surface area (Å²) in [6, 6.07) is 11.5. The van der Waals surface area contributed by atoms with Gasteiger partial charge in [-0.2, -0.15) is 5.26 Å². The summed E-state index contributed by atoms with van der Waals surface area (Å²) in [6.45, 7) is 0. The Morgan fingerprint density at radius 3 is 2.79 bits per heavy atom. The third kappa shape index (κ3) is 3.16. The number of hydrogen-bond donors (Lipinski definition) is 1. The van der Waals surface area contributed by atoms with Crippen molar-refractivity contribution in [1.29, 1.82) is 5.26 Å². The van der Waals surface area contributed by atoms with E-state index in [1.165, 1.54) is 17.7 Å². The Hall–Kier alpha value is -0.500. The number of nitrogens with one attached hydrogen (secondary N) is 1. The molecule has 0 saturated heterocycles. The van der Waals surface area contributed by atoms with Crippen LogP contribution in [-0.4, -0.2) is 16.8 Å². The van der Waals surface area contributed by atoms with Gasteiger partial charge in [0.15, 0.2) is 0 Å². The lowest BCUT2D eigenvalue weighted by Crippen LogP contribution is -2.43. The summed E-state index contributed by atoms with van der Waals surface area (Å²) in [7, 11) is 0. The SMILES string of the molecule is N#CC1(NC2CC2)CCC(Sc2ccccc2Br)C1. The average molecular weight is 337 g/mol. The number of nitriles is 1. The first-order chi connectivity index (χ1) is 9.21. The van der Waals surface area contributed by atoms with Crippen LogP contribution in [-0.2, 0) is 0 Å². The zero-order valence-electron chi connectivity index (χ0n) is 10.7. The molecule has 0 spiro atoms. The van der Waals surface area contributed by atoms with Gasteiger partial charge in [0.05, 0.1) is 6.07 Å². The quantitative estimate of drug-likeness (QED) is 0.898. The molecule has 2 aliphatic rings. The Labute approximate surface area is 127 Å². The Bertz CT molecular complexity index is 509. The molecule has 3 rings (SSSR count). The molecular formula is C15H17BrN2S. The third-order valence-electron chi connectivity index (χ3n) is 3.87. The Kier molecular flexibility index (Phi) is 3.88. The zero-order chi connectivity index (χ0) is 13.3. The van der Waals surface area contributed by atoms with Crippen molar-refractivity contribution in [1.82, 2.24) is 5.32 Å². The van der Waals surface area contributed by atoms with Crippen LogP contribution in [0.3, 0.4) is 0 Å². The van der Waals surface area contributed by atoms with Crippen molar-refractivity contribution >= 4 is 27.7 Å². The van der Waals surface area contributed by atoms with Crippen molar-refractivity contribution in [3.8, 4) is 6.07 Å². The van der Waals surface area contributed by atoms with E-state index in [-0.39, 0.29) is 5.54 Å². The van der Waals surface area contributed by atoms with E-state index < -0.39 is 0 Å². The van der Waals surface area contributed by atoms with E-state index >= 15 is 0 Å². The zero-order valence-corrected chi connectivity index (χ0v) is 13.1. The molecule has 100 valence electrons. The number of nitrogens with zero attached hydrogens (tertiary/aromatic N) is 1. The van der Waals surface area contributed by atoms with Crippen LogP contribution >= 0.6 is 27.7 Å². The van der Waals surface area contributed by atoms with Crippen molar-refractivity contribution in [3.05, 3.63) is 28.7 Å². The number of hydrogen-bond acceptors (Lipinski definition) is 3. The second-order valence-electron chi connectivity index (χ2n) is 5.53. The maximum Gasteiger partial charge on any atom is 0.108 e. The van der Waals surface area contributed by atoms with Crippen molar-refractivity contribution < 1.29 is 0 Å². The van der Waals surface area contributed by atoms with E-state index in [0.29, 0.717) is 11.3 Å². The normalized spacial score (nSPS) is 30.2. The monoisotopic (exact) mass is 336 g/mol. The van der Waals surface area contributed by atoms with Crippen LogP contribution in [0.25, 0.3) is 0 Å². The van der Waals surface area contributed by atoms with Gasteiger partial charge in [0.2, 0.25) is 0 Å². The lowest BCUT2D eigenvalue weighted by molar-refractivity contribution is 0.420. The molecule has 4 heteroatoms. The van der Waals surface area contributed by atoms with E-state index in [2.05, 4.69) is 45.5 Å². The van der Waals surface area contributed by atoms with Gasteiger partial charge in [-0.05, 0) is 60.2 Å². The Morgan fingerprint density at radius 1 is 1.32 bits per heavy atom. The predicted octanol–water partition coefficient (Wildman–Crippen LogP) is 4.11. The fraction of sp³-hybridized carbons (Fsp3) is 0.533. The average Bonchev–Trinajstić information content (AvgIpc) is 3.13. The fourth-order valence-corrected chi connectivity index (χ4v) is 4.57. The first-order valence-corrected chi connectivity index (χ1v) is 8.48. The minimum absolute atomic E-state index is 0.264. The highest BCUT2D eigenvalue weighted by molar-refractivity contribution is 9.10. The molecule has 0 amide bonds. The van der Waals surface area contributed by atoms with Gasteiger partial charge in [0, 0.05) is 20.7 Å². The molecule has 0 radical (unpaired) electrons. The fourth-order valence-electron chi connectivity index (χ4n) is 2.70. The number of benzene rings is 1. The van der Waals surface area contributed by atoms with Crippen molar-refractivity contribution in [2.45, 2.75) is 53.8 Å². The van der Waals surface area contributed by atoms with Crippen molar-refractivity contribution in [3.63, 3.8) is 0 Å². The van der Waals surface area contributed by atoms with E-state index in [0.717, 1.165) is 23.7 Å². The summed E-state index contributed by atoms with van der Waals surface area (Å²) in [4.78, 5) is 1.28. The molecular weight excluding hydrogens is 320 g/mol. The third-order valence-corrected chi connectivity index (χ3v) is 6.17. The topological polar surface area (TPSA) is 35.8 Å². The van der Waals surface area contributed by atoms with Gasteiger partial charge in [-0.15, -0.1) is 11.8 Å². The highest BCUT2D eigenvalue weighted by Gasteiger charge is 2.43. The van der Waals surface area contributed by atoms with E-state index in [4.69, 9.17) is 0 Å². The number of rotatable bonds is 4. The summed E-state index contributed by atoms with van der Waals surface area (Å²) in [5, 5.41) is 13.6. The van der Waals surface area contributed by atoms with Gasteiger partial charge >= 0.3 is 0 Å². The lowest BCUT2D eigenvalue weighted by atomic mass is 10.00. The number of halogens is 1. The van der Waals surface area contributed by atoms with Gasteiger partial charge in [-0.25, -0.2) is 0 Å². The van der Waals surface area contributed by atoms with Crippen LogP contribution in [0.2, 0.25) is 0 Å². The van der Waals surface area contributed by atoms with Gasteiger partial charge in [-0.1, -0.05) is 12.1 Å². The van der Waals surface area contributed by atoms with Crippen LogP contribution in [0.1, 0.15) is 32.1 Å². The Balaban J connectivity index is 1.65. The molecule has 1 N–H and O–H groups in total. The second-order valence-corrected chi connectivity index (χ2v) is 7.72. The highest BCUT2D eigenvalue weighted by atomic mass is 79.9. The molecule has 1 aromatic carbocycles. The Morgan fingerprint density at radius 2 is 2.11 bits per heavy atom. The molecule has 0 bridgehead atoms. The van der Waals surface area contributed by atoms with Crippen LogP contribution in [0.15, 0.2) is 33.6 Å². The van der Waals surface area contributed by atoms with Gasteiger partial charge in [0.1, 0.15) is 5.54 Å². The first-order valence-electron chi connectivity index (χ1n) is 6.81. The smallest absolute Gasteiger partial charge is 0.108 e. The summed E-state index contributed by atoms with van der Waals surface area (Å²) in [5.41, 5.74) is -0.264. The first kappa shape index (κ1) is 13.5. The molecule has 0 heterocycles. The van der Waals surface area contributed by atoms with E-state index in [1.54, 1.807) is 0 Å². The maximum absolute atomic E-state index is 9.50. The molecule has 2 atom stereocenters. The molecule has 2 aliphatic carbocycles. The maximum atomic E-state index is 9.50. The van der Waals surface area contributed by atoms with Crippen LogP contribution < -0.4 is 5.32 Å². The van der Waals surface area contributed by atoms with Crippen LogP contribution in [0.4, 0.5) is 0 Å². The molecule has 1 aromatic rings. The van der Waals surface area contributed by atoms with Crippen LogP contribution in [0.5, 0.6) is 0 Å². The molecule has 2 fully saturated rings. The van der Waals surface area contributed by atoms with Crippen LogP contribution in [0, 0.1) is 11.3 Å². The summed E-state index contributed by atoms with van der Waals surface area (Å²) in [5.74, 6) is 0. The molecule has 0 aromatic heterocycles. The van der Waals surface area contributed by atoms with Crippen molar-refractivity contribution in [2.75, 3.05) is 0 Å². The predicted molar refractivity (Wildman–Crippen MR) is 82.1 cm³/mol. The molecule has 2 nitrogen and oxygen atoms in total.